The number of amides is 1. The molecule has 1 saturated carbocycles. The number of nitrogens with zero attached hydrogens (tertiary/aromatic N) is 3. The lowest BCUT2D eigenvalue weighted by Gasteiger charge is -2.32. The van der Waals surface area contributed by atoms with Gasteiger partial charge in [-0.3, -0.25) is 9.48 Å². The molecule has 0 aromatic carbocycles. The molecule has 2 fully saturated rings. The number of likely N-dealkylation sites (tertiary alicyclic amines) is 1. The minimum absolute atomic E-state index is 0.150. The van der Waals surface area contributed by atoms with Crippen molar-refractivity contribution in [3.05, 3.63) is 39.8 Å². The third kappa shape index (κ3) is 3.08. The van der Waals surface area contributed by atoms with Gasteiger partial charge in [0.15, 0.2) is 0 Å². The molecule has 1 aliphatic carbocycles. The van der Waals surface area contributed by atoms with E-state index in [9.17, 15) is 9.59 Å². The highest BCUT2D eigenvalue weighted by atomic mass is 32.1. The Bertz CT molecular complexity index is 804. The van der Waals surface area contributed by atoms with Gasteiger partial charge in [0.25, 0.3) is 0 Å². The van der Waals surface area contributed by atoms with Gasteiger partial charge in [0.1, 0.15) is 0 Å². The fourth-order valence-corrected chi connectivity index (χ4v) is 4.86. The molecule has 132 valence electrons. The molecule has 0 bridgehead atoms. The number of carboxylic acids is 1. The maximum atomic E-state index is 12.7. The highest BCUT2D eigenvalue weighted by molar-refractivity contribution is 7.10. The maximum Gasteiger partial charge on any atom is 0.338 e. The second-order valence-electron chi connectivity index (χ2n) is 6.99. The van der Waals surface area contributed by atoms with Crippen LogP contribution in [0.15, 0.2) is 23.8 Å². The summed E-state index contributed by atoms with van der Waals surface area (Å²) in [6, 6.07) is 2.30. The number of aromatic carboxylic acids is 1. The van der Waals surface area contributed by atoms with Crippen molar-refractivity contribution in [1.82, 2.24) is 14.7 Å². The van der Waals surface area contributed by atoms with Crippen LogP contribution in [0, 0.1) is 12.8 Å². The fourth-order valence-electron chi connectivity index (χ4n) is 3.76. The number of rotatable bonds is 4. The highest BCUT2D eigenvalue weighted by Crippen LogP contribution is 2.51. The van der Waals surface area contributed by atoms with Crippen molar-refractivity contribution >= 4 is 23.2 Å². The molecular formula is C18H21N3O3S. The number of hydrogen-bond donors (Lipinski definition) is 1. The molecule has 6 nitrogen and oxygen atoms in total. The van der Waals surface area contributed by atoms with Crippen LogP contribution in [-0.2, 0) is 4.79 Å². The van der Waals surface area contributed by atoms with Crippen molar-refractivity contribution in [2.45, 2.75) is 38.1 Å². The summed E-state index contributed by atoms with van der Waals surface area (Å²) in [4.78, 5) is 27.1. The molecule has 4 rings (SSSR count). The third-order valence-electron chi connectivity index (χ3n) is 5.34. The first-order chi connectivity index (χ1) is 12.0. The molecule has 2 aromatic rings. The minimum Gasteiger partial charge on any atom is -0.478 e. The second-order valence-corrected chi connectivity index (χ2v) is 7.93. The van der Waals surface area contributed by atoms with E-state index in [-0.39, 0.29) is 23.4 Å². The number of hydrogen-bond acceptors (Lipinski definition) is 4. The summed E-state index contributed by atoms with van der Waals surface area (Å²) in [6.07, 6.45) is 5.59. The second kappa shape index (κ2) is 6.29. The Hall–Kier alpha value is -2.15. The Kier molecular flexibility index (Phi) is 4.11. The number of carboxylic acid groups (broad SMARTS) is 1. The van der Waals surface area contributed by atoms with Crippen LogP contribution < -0.4 is 0 Å². The summed E-state index contributed by atoms with van der Waals surface area (Å²) in [5.74, 6) is -0.114. The van der Waals surface area contributed by atoms with Gasteiger partial charge in [-0.05, 0) is 43.2 Å². The van der Waals surface area contributed by atoms with E-state index in [0.29, 0.717) is 5.92 Å². The van der Waals surface area contributed by atoms with Crippen LogP contribution in [0.3, 0.4) is 0 Å². The molecule has 25 heavy (non-hydrogen) atoms. The van der Waals surface area contributed by atoms with Crippen LogP contribution in [0.2, 0.25) is 0 Å². The van der Waals surface area contributed by atoms with Gasteiger partial charge in [-0.1, -0.05) is 0 Å². The first kappa shape index (κ1) is 16.3. The molecule has 2 atom stereocenters. The number of thiophene rings is 1. The zero-order valence-electron chi connectivity index (χ0n) is 14.1. The minimum atomic E-state index is -0.956. The number of carbonyl (C=O) groups excluding carboxylic acids is 1. The average Bonchev–Trinajstić information content (AvgIpc) is 3.03. The van der Waals surface area contributed by atoms with Gasteiger partial charge in [-0.15, -0.1) is 11.3 Å². The zero-order chi connectivity index (χ0) is 17.6. The number of aromatic nitrogens is 2. The average molecular weight is 359 g/mol. The molecule has 2 unspecified atom stereocenters. The monoisotopic (exact) mass is 359 g/mol. The van der Waals surface area contributed by atoms with Crippen molar-refractivity contribution in [1.29, 1.82) is 0 Å². The smallest absolute Gasteiger partial charge is 0.338 e. The van der Waals surface area contributed by atoms with Gasteiger partial charge >= 0.3 is 5.97 Å². The summed E-state index contributed by atoms with van der Waals surface area (Å²) in [7, 11) is 0. The van der Waals surface area contributed by atoms with Crippen LogP contribution in [0.5, 0.6) is 0 Å². The van der Waals surface area contributed by atoms with Crippen LogP contribution in [-0.4, -0.2) is 44.8 Å². The van der Waals surface area contributed by atoms with E-state index in [1.165, 1.54) is 16.6 Å². The Morgan fingerprint density at radius 1 is 1.32 bits per heavy atom. The van der Waals surface area contributed by atoms with E-state index in [4.69, 9.17) is 5.11 Å². The van der Waals surface area contributed by atoms with Gasteiger partial charge in [0.05, 0.1) is 17.8 Å². The van der Waals surface area contributed by atoms with E-state index in [1.807, 2.05) is 4.90 Å². The molecule has 2 aliphatic rings. The van der Waals surface area contributed by atoms with Gasteiger partial charge < -0.3 is 10.0 Å². The first-order valence-corrected chi connectivity index (χ1v) is 9.53. The van der Waals surface area contributed by atoms with E-state index >= 15 is 0 Å². The van der Waals surface area contributed by atoms with Crippen molar-refractivity contribution in [3.63, 3.8) is 0 Å². The number of piperidine rings is 1. The van der Waals surface area contributed by atoms with Crippen molar-refractivity contribution in [2.24, 2.45) is 5.92 Å². The maximum absolute atomic E-state index is 12.7. The van der Waals surface area contributed by atoms with Crippen molar-refractivity contribution in [3.8, 4) is 0 Å². The quantitative estimate of drug-likeness (QED) is 0.911. The molecule has 3 heterocycles. The van der Waals surface area contributed by atoms with E-state index < -0.39 is 5.97 Å². The Balaban J connectivity index is 1.33. The van der Waals surface area contributed by atoms with E-state index in [2.05, 4.69) is 23.5 Å². The highest BCUT2D eigenvalue weighted by Gasteiger charge is 2.47. The molecule has 1 N–H and O–H groups in total. The Morgan fingerprint density at radius 3 is 2.68 bits per heavy atom. The molecule has 1 saturated heterocycles. The van der Waals surface area contributed by atoms with Gasteiger partial charge in [-0.2, -0.15) is 5.10 Å². The zero-order valence-corrected chi connectivity index (χ0v) is 14.9. The Morgan fingerprint density at radius 2 is 2.08 bits per heavy atom. The molecule has 2 aromatic heterocycles. The largest absolute Gasteiger partial charge is 0.478 e. The topological polar surface area (TPSA) is 75.4 Å². The van der Waals surface area contributed by atoms with Crippen LogP contribution >= 0.6 is 11.3 Å². The SMILES string of the molecule is Cc1ccsc1C1CC1C(=O)N1CCC(n2cc(C(=O)O)cn2)CC1. The van der Waals surface area contributed by atoms with Crippen molar-refractivity contribution in [2.75, 3.05) is 13.1 Å². The third-order valence-corrected chi connectivity index (χ3v) is 6.50. The van der Waals surface area contributed by atoms with E-state index in [0.717, 1.165) is 32.4 Å². The summed E-state index contributed by atoms with van der Waals surface area (Å²) in [5.41, 5.74) is 1.52. The molecule has 0 radical (unpaired) electrons. The molecule has 0 spiro atoms. The Labute approximate surface area is 150 Å². The predicted molar refractivity (Wildman–Crippen MR) is 93.9 cm³/mol. The van der Waals surface area contributed by atoms with Crippen molar-refractivity contribution < 1.29 is 14.7 Å². The number of carbonyl (C=O) groups is 2. The first-order valence-electron chi connectivity index (χ1n) is 8.65. The summed E-state index contributed by atoms with van der Waals surface area (Å²) in [6.45, 7) is 3.56. The molecule has 1 aliphatic heterocycles. The molecule has 1 amide bonds. The predicted octanol–water partition coefficient (Wildman–Crippen LogP) is 2.92. The van der Waals surface area contributed by atoms with Crippen LogP contribution in [0.25, 0.3) is 0 Å². The lowest BCUT2D eigenvalue weighted by Crippen LogP contribution is -2.40. The van der Waals surface area contributed by atoms with Crippen LogP contribution in [0.4, 0.5) is 0 Å². The van der Waals surface area contributed by atoms with Crippen LogP contribution in [0.1, 0.15) is 52.0 Å². The summed E-state index contributed by atoms with van der Waals surface area (Å²) >= 11 is 1.76. The molecule has 7 heteroatoms. The standard InChI is InChI=1S/C18H21N3O3S/c1-11-4-7-25-16(11)14-8-15(14)17(22)20-5-2-13(3-6-20)21-10-12(9-19-21)18(23)24/h4,7,9-10,13-15H,2-3,5-6,8H2,1H3,(H,23,24). The normalized spacial score (nSPS) is 23.6. The van der Waals surface area contributed by atoms with Gasteiger partial charge in [0, 0.05) is 36.0 Å². The molecular weight excluding hydrogens is 338 g/mol. The number of aryl methyl sites for hydroxylation is 1. The fraction of sp³-hybridized carbons (Fsp3) is 0.500. The summed E-state index contributed by atoms with van der Waals surface area (Å²) < 4.78 is 1.74. The lowest BCUT2D eigenvalue weighted by atomic mass is 10.0. The lowest BCUT2D eigenvalue weighted by molar-refractivity contribution is -0.134. The van der Waals surface area contributed by atoms with E-state index in [1.54, 1.807) is 22.2 Å². The summed E-state index contributed by atoms with van der Waals surface area (Å²) in [5, 5.41) is 15.3. The van der Waals surface area contributed by atoms with Gasteiger partial charge in [-0.25, -0.2) is 4.79 Å². The van der Waals surface area contributed by atoms with Gasteiger partial charge in [0.2, 0.25) is 5.91 Å².